The van der Waals surface area contributed by atoms with Crippen molar-refractivity contribution >= 4 is 15.6 Å². The lowest BCUT2D eigenvalue weighted by molar-refractivity contribution is -0.123. The summed E-state index contributed by atoms with van der Waals surface area (Å²) < 4.78 is 23.1. The molecule has 2 aliphatic heterocycles. The van der Waals surface area contributed by atoms with Crippen LogP contribution in [0.3, 0.4) is 0 Å². The predicted octanol–water partition coefficient (Wildman–Crippen LogP) is 0.597. The monoisotopic (exact) mass is 302 g/mol. The minimum Gasteiger partial charge on any atom is -0.317 e. The zero-order valence-electron chi connectivity index (χ0n) is 12.3. The van der Waals surface area contributed by atoms with E-state index in [-0.39, 0.29) is 29.8 Å². The van der Waals surface area contributed by atoms with E-state index < -0.39 is 9.84 Å². The quantitative estimate of drug-likeness (QED) is 0.778. The molecular formula is C14H26N2O3S. The molecule has 2 heterocycles. The van der Waals surface area contributed by atoms with Gasteiger partial charge < -0.3 is 5.32 Å². The van der Waals surface area contributed by atoms with Gasteiger partial charge in [-0.25, -0.2) is 8.42 Å². The maximum atomic E-state index is 12.3. The van der Waals surface area contributed by atoms with Gasteiger partial charge in [-0.05, 0) is 45.3 Å². The minimum atomic E-state index is -3.04. The largest absolute Gasteiger partial charge is 0.317 e. The van der Waals surface area contributed by atoms with Crippen molar-refractivity contribution in [1.29, 1.82) is 0 Å². The number of hydrogen-bond donors (Lipinski definition) is 1. The van der Waals surface area contributed by atoms with Gasteiger partial charge in [-0.3, -0.25) is 9.69 Å². The van der Waals surface area contributed by atoms with Crippen LogP contribution in [0.5, 0.6) is 0 Å². The molecule has 2 aliphatic rings. The average molecular weight is 302 g/mol. The first kappa shape index (κ1) is 15.9. The molecule has 5 nitrogen and oxygen atoms in total. The Hall–Kier alpha value is -0.460. The number of hydrogen-bond acceptors (Lipinski definition) is 5. The summed E-state index contributed by atoms with van der Waals surface area (Å²) in [6, 6.07) is 0.459. The fraction of sp³-hybridized carbons (Fsp3) is 0.929. The van der Waals surface area contributed by atoms with Gasteiger partial charge in [0.05, 0.1) is 11.8 Å². The van der Waals surface area contributed by atoms with Crippen molar-refractivity contribution in [2.75, 3.05) is 31.1 Å². The van der Waals surface area contributed by atoms with Gasteiger partial charge in [-0.1, -0.05) is 6.92 Å². The lowest BCUT2D eigenvalue weighted by atomic mass is 10.0. The number of sulfone groups is 1. The Labute approximate surface area is 122 Å². The van der Waals surface area contributed by atoms with E-state index in [0.717, 1.165) is 45.3 Å². The molecule has 0 aliphatic carbocycles. The lowest BCUT2D eigenvalue weighted by Gasteiger charge is -2.35. The lowest BCUT2D eigenvalue weighted by Crippen LogP contribution is -2.48. The van der Waals surface area contributed by atoms with Crippen LogP contribution in [0, 0.1) is 0 Å². The van der Waals surface area contributed by atoms with Gasteiger partial charge in [-0.2, -0.15) is 0 Å². The number of ketones is 1. The third-order valence-corrected chi connectivity index (χ3v) is 6.25. The summed E-state index contributed by atoms with van der Waals surface area (Å²) in [5.41, 5.74) is 0. The molecule has 0 amide bonds. The van der Waals surface area contributed by atoms with Crippen molar-refractivity contribution in [3.63, 3.8) is 0 Å². The zero-order valence-corrected chi connectivity index (χ0v) is 13.1. The van der Waals surface area contributed by atoms with Crippen molar-refractivity contribution in [2.45, 2.75) is 51.1 Å². The molecule has 0 spiro atoms. The Morgan fingerprint density at radius 2 is 1.95 bits per heavy atom. The Morgan fingerprint density at radius 1 is 1.25 bits per heavy atom. The Kier molecular flexibility index (Phi) is 5.57. The van der Waals surface area contributed by atoms with Gasteiger partial charge in [0.25, 0.3) is 0 Å². The van der Waals surface area contributed by atoms with E-state index in [9.17, 15) is 13.2 Å². The number of carbonyl (C=O) groups excluding carboxylic acids is 1. The highest BCUT2D eigenvalue weighted by Crippen LogP contribution is 2.25. The molecule has 0 bridgehead atoms. The van der Waals surface area contributed by atoms with Crippen LogP contribution in [0.2, 0.25) is 0 Å². The summed E-state index contributed by atoms with van der Waals surface area (Å²) in [5.74, 6) is 0.264. The van der Waals surface area contributed by atoms with Crippen molar-refractivity contribution in [3.8, 4) is 0 Å². The van der Waals surface area contributed by atoms with Crippen LogP contribution in [0.25, 0.3) is 0 Å². The van der Waals surface area contributed by atoms with Crippen LogP contribution in [0.1, 0.15) is 39.0 Å². The maximum Gasteiger partial charge on any atom is 0.150 e. The van der Waals surface area contributed by atoms with Gasteiger partial charge in [0.1, 0.15) is 9.84 Å². The first-order chi connectivity index (χ1) is 9.53. The van der Waals surface area contributed by atoms with E-state index in [0.29, 0.717) is 6.04 Å². The molecular weight excluding hydrogens is 276 g/mol. The van der Waals surface area contributed by atoms with Crippen molar-refractivity contribution in [1.82, 2.24) is 10.2 Å². The van der Waals surface area contributed by atoms with E-state index in [1.165, 1.54) is 0 Å². The normalized spacial score (nSPS) is 25.9. The third kappa shape index (κ3) is 4.02. The summed E-state index contributed by atoms with van der Waals surface area (Å²) in [4.78, 5) is 14.7. The van der Waals surface area contributed by atoms with Crippen LogP contribution < -0.4 is 5.32 Å². The molecule has 2 rings (SSSR count). The molecule has 2 fully saturated rings. The minimum absolute atomic E-state index is 0.0128. The highest BCUT2D eigenvalue weighted by atomic mass is 32.2. The predicted molar refractivity (Wildman–Crippen MR) is 79.6 cm³/mol. The van der Waals surface area contributed by atoms with E-state index >= 15 is 0 Å². The summed E-state index contributed by atoms with van der Waals surface area (Å²) >= 11 is 0. The third-order valence-electron chi connectivity index (χ3n) is 4.54. The maximum absolute atomic E-state index is 12.3. The SMILES string of the molecule is CCS(=O)(=O)CCC(=O)C1CCCN1C1CCNCC1. The molecule has 116 valence electrons. The van der Waals surface area contributed by atoms with Crippen LogP contribution in [0.4, 0.5) is 0 Å². The second kappa shape index (κ2) is 7.00. The highest BCUT2D eigenvalue weighted by molar-refractivity contribution is 7.91. The molecule has 0 aromatic carbocycles. The fourth-order valence-corrected chi connectivity index (χ4v) is 4.08. The standard InChI is InChI=1S/C14H26N2O3S/c1-2-20(18,19)11-7-14(17)13-4-3-10-16(13)12-5-8-15-9-6-12/h12-13,15H,2-11H2,1H3. The highest BCUT2D eigenvalue weighted by Gasteiger charge is 2.35. The Morgan fingerprint density at radius 3 is 2.60 bits per heavy atom. The van der Waals surface area contributed by atoms with Gasteiger partial charge in [0.15, 0.2) is 5.78 Å². The molecule has 20 heavy (non-hydrogen) atoms. The zero-order chi connectivity index (χ0) is 14.6. The second-order valence-electron chi connectivity index (χ2n) is 5.83. The number of likely N-dealkylation sites (tertiary alicyclic amines) is 1. The number of nitrogens with one attached hydrogen (secondary N) is 1. The molecule has 0 radical (unpaired) electrons. The van der Waals surface area contributed by atoms with Crippen LogP contribution in [-0.2, 0) is 14.6 Å². The van der Waals surface area contributed by atoms with Gasteiger partial charge in [-0.15, -0.1) is 0 Å². The molecule has 2 saturated heterocycles. The van der Waals surface area contributed by atoms with Gasteiger partial charge in [0, 0.05) is 18.2 Å². The molecule has 1 unspecified atom stereocenters. The fourth-order valence-electron chi connectivity index (χ4n) is 3.28. The number of Topliss-reactive ketones (excluding diaryl/α,β-unsaturated/α-hetero) is 1. The van der Waals surface area contributed by atoms with Crippen molar-refractivity contribution < 1.29 is 13.2 Å². The van der Waals surface area contributed by atoms with Crippen LogP contribution in [0.15, 0.2) is 0 Å². The summed E-state index contributed by atoms with van der Waals surface area (Å²) in [7, 11) is -3.04. The molecule has 6 heteroatoms. The van der Waals surface area contributed by atoms with E-state index in [1.54, 1.807) is 6.92 Å². The smallest absolute Gasteiger partial charge is 0.150 e. The number of rotatable bonds is 6. The number of carbonyl (C=O) groups is 1. The van der Waals surface area contributed by atoms with E-state index in [2.05, 4.69) is 10.2 Å². The topological polar surface area (TPSA) is 66.5 Å². The molecule has 1 atom stereocenters. The summed E-state index contributed by atoms with van der Waals surface area (Å²) in [6.07, 6.45) is 4.33. The first-order valence-electron chi connectivity index (χ1n) is 7.73. The molecule has 0 aromatic heterocycles. The van der Waals surface area contributed by atoms with Crippen LogP contribution >= 0.6 is 0 Å². The van der Waals surface area contributed by atoms with Crippen LogP contribution in [-0.4, -0.2) is 62.3 Å². The molecule has 0 aromatic rings. The van der Waals surface area contributed by atoms with E-state index in [4.69, 9.17) is 0 Å². The number of piperidine rings is 1. The Bertz CT molecular complexity index is 430. The summed E-state index contributed by atoms with van der Waals surface area (Å²) in [6.45, 7) is 4.66. The number of nitrogens with zero attached hydrogens (tertiary/aromatic N) is 1. The molecule has 1 N–H and O–H groups in total. The Balaban J connectivity index is 1.91. The first-order valence-corrected chi connectivity index (χ1v) is 9.55. The van der Waals surface area contributed by atoms with Gasteiger partial charge >= 0.3 is 0 Å². The van der Waals surface area contributed by atoms with E-state index in [1.807, 2.05) is 0 Å². The average Bonchev–Trinajstić information content (AvgIpc) is 2.95. The van der Waals surface area contributed by atoms with Gasteiger partial charge in [0.2, 0.25) is 0 Å². The van der Waals surface area contributed by atoms with Crippen molar-refractivity contribution in [3.05, 3.63) is 0 Å². The second-order valence-corrected chi connectivity index (χ2v) is 8.30. The molecule has 0 saturated carbocycles. The van der Waals surface area contributed by atoms with Crippen molar-refractivity contribution in [2.24, 2.45) is 0 Å². The summed E-state index contributed by atoms with van der Waals surface area (Å²) in [5, 5.41) is 3.34.